The van der Waals surface area contributed by atoms with E-state index >= 15 is 0 Å². The molecule has 0 saturated heterocycles. The van der Waals surface area contributed by atoms with Crippen LogP contribution in [-0.2, 0) is 15.8 Å². The van der Waals surface area contributed by atoms with Gasteiger partial charge in [-0.15, -0.1) is 0 Å². The van der Waals surface area contributed by atoms with E-state index in [2.05, 4.69) is 4.72 Å². The highest BCUT2D eigenvalue weighted by molar-refractivity contribution is 7.88. The smallest absolute Gasteiger partial charge is 0.215 e. The number of hydrogen-bond acceptors (Lipinski definition) is 3. The van der Waals surface area contributed by atoms with Crippen molar-refractivity contribution < 1.29 is 13.5 Å². The van der Waals surface area contributed by atoms with Gasteiger partial charge in [-0.25, -0.2) is 13.1 Å². The van der Waals surface area contributed by atoms with E-state index in [0.29, 0.717) is 15.6 Å². The molecule has 0 radical (unpaired) electrons. The minimum atomic E-state index is -3.47. The Morgan fingerprint density at radius 2 is 2.00 bits per heavy atom. The van der Waals surface area contributed by atoms with Crippen molar-refractivity contribution in [3.05, 3.63) is 33.8 Å². The van der Waals surface area contributed by atoms with Crippen LogP contribution in [0.2, 0.25) is 10.0 Å². The summed E-state index contributed by atoms with van der Waals surface area (Å²) in [5.74, 6) is -0.198. The standard InChI is InChI=1S/C10H13Cl2NO3S/c1-7(14)5-13-17(15,16)6-8-2-3-9(11)10(12)4-8/h2-4,7,13-14H,5-6H2,1H3. The molecular weight excluding hydrogens is 285 g/mol. The number of hydrogen-bond donors (Lipinski definition) is 2. The molecule has 0 aliphatic carbocycles. The van der Waals surface area contributed by atoms with Gasteiger partial charge in [-0.2, -0.15) is 0 Å². The second kappa shape index (κ2) is 6.02. The average molecular weight is 298 g/mol. The molecule has 0 aliphatic rings. The van der Waals surface area contributed by atoms with Crippen LogP contribution in [0.5, 0.6) is 0 Å². The highest BCUT2D eigenvalue weighted by atomic mass is 35.5. The molecule has 0 amide bonds. The van der Waals surface area contributed by atoms with Gasteiger partial charge in [-0.1, -0.05) is 29.3 Å². The Morgan fingerprint density at radius 1 is 1.35 bits per heavy atom. The zero-order chi connectivity index (χ0) is 13.1. The zero-order valence-electron chi connectivity index (χ0n) is 9.15. The summed E-state index contributed by atoms with van der Waals surface area (Å²) in [5.41, 5.74) is 0.539. The summed E-state index contributed by atoms with van der Waals surface area (Å²) < 4.78 is 25.5. The SMILES string of the molecule is CC(O)CNS(=O)(=O)Cc1ccc(Cl)c(Cl)c1. The first-order chi connectivity index (χ1) is 7.80. The van der Waals surface area contributed by atoms with Gasteiger partial charge in [0.25, 0.3) is 0 Å². The highest BCUT2D eigenvalue weighted by Crippen LogP contribution is 2.23. The van der Waals surface area contributed by atoms with Crippen LogP contribution in [0.1, 0.15) is 12.5 Å². The van der Waals surface area contributed by atoms with Crippen molar-refractivity contribution in [3.63, 3.8) is 0 Å². The first kappa shape index (κ1) is 14.7. The third kappa shape index (κ3) is 5.23. The lowest BCUT2D eigenvalue weighted by Crippen LogP contribution is -2.31. The van der Waals surface area contributed by atoms with Crippen molar-refractivity contribution in [2.24, 2.45) is 0 Å². The molecule has 96 valence electrons. The van der Waals surface area contributed by atoms with E-state index < -0.39 is 16.1 Å². The molecule has 17 heavy (non-hydrogen) atoms. The van der Waals surface area contributed by atoms with Crippen LogP contribution in [-0.4, -0.2) is 26.2 Å². The van der Waals surface area contributed by atoms with Crippen molar-refractivity contribution in [2.75, 3.05) is 6.54 Å². The molecule has 1 unspecified atom stereocenters. The molecule has 0 heterocycles. The molecule has 1 aromatic carbocycles. The van der Waals surface area contributed by atoms with E-state index in [0.717, 1.165) is 0 Å². The molecule has 0 fully saturated rings. The van der Waals surface area contributed by atoms with Crippen LogP contribution >= 0.6 is 23.2 Å². The van der Waals surface area contributed by atoms with Gasteiger partial charge < -0.3 is 5.11 Å². The predicted octanol–water partition coefficient (Wildman–Crippen LogP) is 1.79. The maximum atomic E-state index is 11.6. The van der Waals surface area contributed by atoms with Crippen LogP contribution in [0.3, 0.4) is 0 Å². The van der Waals surface area contributed by atoms with Crippen molar-refractivity contribution in [1.29, 1.82) is 0 Å². The summed E-state index contributed by atoms with van der Waals surface area (Å²) in [6.45, 7) is 1.49. The number of aliphatic hydroxyl groups is 1. The maximum absolute atomic E-state index is 11.6. The number of benzene rings is 1. The lowest BCUT2D eigenvalue weighted by molar-refractivity contribution is 0.198. The summed E-state index contributed by atoms with van der Waals surface area (Å²) in [6, 6.07) is 4.64. The highest BCUT2D eigenvalue weighted by Gasteiger charge is 2.13. The van der Waals surface area contributed by atoms with E-state index in [9.17, 15) is 8.42 Å². The van der Waals surface area contributed by atoms with Crippen LogP contribution < -0.4 is 4.72 Å². The fraction of sp³-hybridized carbons (Fsp3) is 0.400. The molecule has 0 aliphatic heterocycles. The summed E-state index contributed by atoms with van der Waals surface area (Å²) in [5, 5.41) is 9.69. The Balaban J connectivity index is 2.73. The Bertz CT molecular complexity index is 488. The van der Waals surface area contributed by atoms with Crippen LogP contribution in [0.4, 0.5) is 0 Å². The number of halogens is 2. The first-order valence-electron chi connectivity index (χ1n) is 4.89. The summed E-state index contributed by atoms with van der Waals surface area (Å²) in [7, 11) is -3.47. The van der Waals surface area contributed by atoms with Crippen molar-refractivity contribution >= 4 is 33.2 Å². The number of rotatable bonds is 5. The molecule has 0 saturated carbocycles. The molecule has 0 bridgehead atoms. The fourth-order valence-corrected chi connectivity index (χ4v) is 2.68. The normalized spacial score (nSPS) is 13.6. The van der Waals surface area contributed by atoms with Gasteiger partial charge >= 0.3 is 0 Å². The molecule has 7 heteroatoms. The van der Waals surface area contributed by atoms with Crippen LogP contribution in [0.15, 0.2) is 18.2 Å². The van der Waals surface area contributed by atoms with Crippen molar-refractivity contribution in [3.8, 4) is 0 Å². The first-order valence-corrected chi connectivity index (χ1v) is 7.30. The largest absolute Gasteiger partial charge is 0.392 e. The van der Waals surface area contributed by atoms with Crippen LogP contribution in [0, 0.1) is 0 Å². The summed E-state index contributed by atoms with van der Waals surface area (Å²) in [6.07, 6.45) is -0.724. The molecule has 1 aromatic rings. The lowest BCUT2D eigenvalue weighted by Gasteiger charge is -2.08. The van der Waals surface area contributed by atoms with Gasteiger partial charge in [0.15, 0.2) is 0 Å². The third-order valence-electron chi connectivity index (χ3n) is 1.94. The Kier molecular flexibility index (Phi) is 5.22. The summed E-state index contributed by atoms with van der Waals surface area (Å²) in [4.78, 5) is 0. The van der Waals surface area contributed by atoms with E-state index in [-0.39, 0.29) is 12.3 Å². The van der Waals surface area contributed by atoms with E-state index in [1.54, 1.807) is 12.1 Å². The Labute approximate surface area is 111 Å². The Hall–Kier alpha value is -0.330. The molecule has 1 rings (SSSR count). The topological polar surface area (TPSA) is 66.4 Å². The van der Waals surface area contributed by atoms with E-state index in [1.165, 1.54) is 13.0 Å². The van der Waals surface area contributed by atoms with Crippen LogP contribution in [0.25, 0.3) is 0 Å². The molecule has 0 spiro atoms. The monoisotopic (exact) mass is 297 g/mol. The minimum Gasteiger partial charge on any atom is -0.392 e. The number of nitrogens with one attached hydrogen (secondary N) is 1. The number of sulfonamides is 1. The molecule has 4 nitrogen and oxygen atoms in total. The third-order valence-corrected chi connectivity index (χ3v) is 4.00. The lowest BCUT2D eigenvalue weighted by atomic mass is 10.2. The quantitative estimate of drug-likeness (QED) is 0.871. The molecule has 2 N–H and O–H groups in total. The fourth-order valence-electron chi connectivity index (χ4n) is 1.15. The van der Waals surface area contributed by atoms with E-state index in [1.807, 2.05) is 0 Å². The van der Waals surface area contributed by atoms with Crippen molar-refractivity contribution in [2.45, 2.75) is 18.8 Å². The minimum absolute atomic E-state index is 0.0103. The molecule has 1 atom stereocenters. The van der Waals surface area contributed by atoms with Gasteiger partial charge in [0.2, 0.25) is 10.0 Å². The van der Waals surface area contributed by atoms with Gasteiger partial charge in [-0.05, 0) is 24.6 Å². The van der Waals surface area contributed by atoms with Gasteiger partial charge in [0.1, 0.15) is 0 Å². The zero-order valence-corrected chi connectivity index (χ0v) is 11.5. The van der Waals surface area contributed by atoms with Crippen molar-refractivity contribution in [1.82, 2.24) is 4.72 Å². The van der Waals surface area contributed by atoms with Gasteiger partial charge in [0, 0.05) is 6.54 Å². The van der Waals surface area contributed by atoms with Gasteiger partial charge in [-0.3, -0.25) is 0 Å². The second-order valence-corrected chi connectivity index (χ2v) is 6.33. The summed E-state index contributed by atoms with van der Waals surface area (Å²) >= 11 is 11.5. The predicted molar refractivity (Wildman–Crippen MR) is 68.8 cm³/mol. The number of aliphatic hydroxyl groups excluding tert-OH is 1. The molecular formula is C10H13Cl2NO3S. The van der Waals surface area contributed by atoms with Gasteiger partial charge in [0.05, 0.1) is 21.9 Å². The second-order valence-electron chi connectivity index (χ2n) is 3.71. The average Bonchev–Trinajstić information content (AvgIpc) is 2.21. The molecule has 0 aromatic heterocycles. The Morgan fingerprint density at radius 3 is 2.53 bits per heavy atom. The maximum Gasteiger partial charge on any atom is 0.215 e. The van der Waals surface area contributed by atoms with E-state index in [4.69, 9.17) is 28.3 Å².